The number of aliphatic hydroxyl groups is 5. The fraction of sp³-hybridized carbons (Fsp3) is 0.944. The summed E-state index contributed by atoms with van der Waals surface area (Å²) in [4.78, 5) is 25.1. The van der Waals surface area contributed by atoms with Crippen molar-refractivity contribution in [3.05, 3.63) is 12.2 Å². The summed E-state index contributed by atoms with van der Waals surface area (Å²) in [5, 5.41) is 54.3. The van der Waals surface area contributed by atoms with Crippen molar-refractivity contribution in [2.75, 3.05) is 19.8 Å². The fourth-order valence-corrected chi connectivity index (χ4v) is 11.7. The van der Waals surface area contributed by atoms with Crippen molar-refractivity contribution in [2.45, 2.75) is 410 Å². The van der Waals surface area contributed by atoms with E-state index in [-0.39, 0.29) is 18.5 Å². The van der Waals surface area contributed by atoms with E-state index >= 15 is 0 Å². The Bertz CT molecular complexity index is 1370. The number of nitrogens with one attached hydrogen (secondary N) is 1. The zero-order valence-corrected chi connectivity index (χ0v) is 54.0. The standard InChI is InChI=1S/C71H137NO10/c1-3-5-7-9-11-13-14-15-36-39-43-47-51-55-59-67(76)80-60-56-52-48-44-40-37-34-32-30-28-26-24-22-20-18-16-17-19-21-23-25-27-29-31-33-35-38-42-46-50-54-58-66(75)72-63(64(74)57-53-49-45-41-12-10-8-6-4-2)62-81-71-70(79)69(78)68(77)65(61-73)82-71/h53,57,63-65,68-71,73-74,77-79H,3-52,54-56,58-62H2,1-2H3,(H,72,75)/b57-53+. The molecule has 1 saturated heterocycles. The second-order valence-electron chi connectivity index (χ2n) is 25.3. The van der Waals surface area contributed by atoms with Gasteiger partial charge in [-0.2, -0.15) is 0 Å². The molecule has 11 heteroatoms. The van der Waals surface area contributed by atoms with Gasteiger partial charge in [-0.05, 0) is 32.1 Å². The third-order valence-electron chi connectivity index (χ3n) is 17.4. The van der Waals surface area contributed by atoms with Crippen molar-refractivity contribution >= 4 is 11.9 Å². The minimum atomic E-state index is -1.57. The predicted molar refractivity (Wildman–Crippen MR) is 343 cm³/mol. The van der Waals surface area contributed by atoms with Gasteiger partial charge in [0, 0.05) is 12.8 Å². The van der Waals surface area contributed by atoms with Crippen LogP contribution < -0.4 is 5.32 Å². The summed E-state index contributed by atoms with van der Waals surface area (Å²) >= 11 is 0. The first-order valence-electron chi connectivity index (χ1n) is 36.0. The normalized spacial score (nSPS) is 18.2. The molecule has 82 heavy (non-hydrogen) atoms. The number of carbonyl (C=O) groups is 2. The Morgan fingerprint density at radius 3 is 1.13 bits per heavy atom. The smallest absolute Gasteiger partial charge is 0.305 e. The van der Waals surface area contributed by atoms with Gasteiger partial charge in [0.2, 0.25) is 5.91 Å². The highest BCUT2D eigenvalue weighted by atomic mass is 16.7. The van der Waals surface area contributed by atoms with Crippen LogP contribution in [0.3, 0.4) is 0 Å². The number of hydrogen-bond donors (Lipinski definition) is 6. The predicted octanol–water partition coefficient (Wildman–Crippen LogP) is 18.2. The van der Waals surface area contributed by atoms with Crippen LogP contribution in [0, 0.1) is 0 Å². The van der Waals surface area contributed by atoms with Crippen LogP contribution in [0.2, 0.25) is 0 Å². The maximum atomic E-state index is 13.0. The van der Waals surface area contributed by atoms with Crippen LogP contribution in [0.5, 0.6) is 0 Å². The van der Waals surface area contributed by atoms with E-state index in [0.717, 1.165) is 51.4 Å². The second-order valence-corrected chi connectivity index (χ2v) is 25.3. The fourth-order valence-electron chi connectivity index (χ4n) is 11.7. The topological polar surface area (TPSA) is 175 Å². The number of unbranched alkanes of at least 4 members (excludes halogenated alkanes) is 50. The molecule has 0 aromatic carbocycles. The zero-order chi connectivity index (χ0) is 59.5. The van der Waals surface area contributed by atoms with Crippen molar-refractivity contribution in [2.24, 2.45) is 0 Å². The third kappa shape index (κ3) is 49.5. The molecule has 486 valence electrons. The number of amides is 1. The molecule has 7 unspecified atom stereocenters. The van der Waals surface area contributed by atoms with E-state index < -0.39 is 49.5 Å². The molecular weight excluding hydrogens is 1030 g/mol. The molecule has 6 N–H and O–H groups in total. The summed E-state index contributed by atoms with van der Waals surface area (Å²) in [7, 11) is 0. The number of esters is 1. The average molecular weight is 1160 g/mol. The summed E-state index contributed by atoms with van der Waals surface area (Å²) in [6.45, 7) is 4.36. The van der Waals surface area contributed by atoms with E-state index in [2.05, 4.69) is 19.2 Å². The molecule has 0 saturated carbocycles. The number of ether oxygens (including phenoxy) is 3. The van der Waals surface area contributed by atoms with Crippen LogP contribution in [-0.2, 0) is 23.8 Å². The zero-order valence-electron chi connectivity index (χ0n) is 54.0. The number of aliphatic hydroxyl groups excluding tert-OH is 5. The molecule has 0 aromatic heterocycles. The van der Waals surface area contributed by atoms with E-state index in [1.807, 2.05) is 6.08 Å². The maximum absolute atomic E-state index is 13.0. The minimum absolute atomic E-state index is 0.0158. The Morgan fingerprint density at radius 1 is 0.439 bits per heavy atom. The first kappa shape index (κ1) is 78.4. The summed E-state index contributed by atoms with van der Waals surface area (Å²) in [6.07, 6.45) is 65.2. The maximum Gasteiger partial charge on any atom is 0.305 e. The molecule has 0 aromatic rings. The lowest BCUT2D eigenvalue weighted by molar-refractivity contribution is -0.302. The molecule has 7 atom stereocenters. The van der Waals surface area contributed by atoms with Crippen molar-refractivity contribution < 1.29 is 49.3 Å². The highest BCUT2D eigenvalue weighted by Gasteiger charge is 2.44. The number of carbonyl (C=O) groups excluding carboxylic acids is 2. The molecule has 0 bridgehead atoms. The van der Waals surface area contributed by atoms with Gasteiger partial charge in [0.1, 0.15) is 24.4 Å². The van der Waals surface area contributed by atoms with Gasteiger partial charge in [-0.15, -0.1) is 0 Å². The van der Waals surface area contributed by atoms with Crippen LogP contribution in [0.25, 0.3) is 0 Å². The van der Waals surface area contributed by atoms with Crippen molar-refractivity contribution in [1.82, 2.24) is 5.32 Å². The van der Waals surface area contributed by atoms with Gasteiger partial charge in [-0.1, -0.05) is 334 Å². The summed E-state index contributed by atoms with van der Waals surface area (Å²) in [6, 6.07) is -0.804. The lowest BCUT2D eigenvalue weighted by atomic mass is 9.99. The monoisotopic (exact) mass is 1160 g/mol. The minimum Gasteiger partial charge on any atom is -0.466 e. The molecule has 0 radical (unpaired) electrons. The number of rotatable bonds is 64. The van der Waals surface area contributed by atoms with Crippen LogP contribution in [0.15, 0.2) is 12.2 Å². The Kier molecular flexibility index (Phi) is 58.4. The molecule has 0 aliphatic carbocycles. The third-order valence-corrected chi connectivity index (χ3v) is 17.4. The molecule has 1 heterocycles. The highest BCUT2D eigenvalue weighted by Crippen LogP contribution is 2.24. The molecule has 1 aliphatic rings. The van der Waals surface area contributed by atoms with E-state index in [1.165, 1.54) is 289 Å². The SMILES string of the molecule is CCCCCCCCC/C=C/C(O)C(COC1OC(CO)C(O)C(O)C1O)NC(=O)CCCCCCCCCCCCCCCCCCCCCCCCCCCCCCCCCOC(=O)CCCCCCCCCCCCCCCC. The van der Waals surface area contributed by atoms with Crippen molar-refractivity contribution in [3.63, 3.8) is 0 Å². The molecular formula is C71H137NO10. The van der Waals surface area contributed by atoms with Gasteiger partial charge in [0.05, 0.1) is 32.0 Å². The van der Waals surface area contributed by atoms with Gasteiger partial charge >= 0.3 is 5.97 Å². The first-order chi connectivity index (χ1) is 40.2. The summed E-state index contributed by atoms with van der Waals surface area (Å²) < 4.78 is 16.7. The van der Waals surface area contributed by atoms with E-state index in [4.69, 9.17) is 14.2 Å². The Labute approximate surface area is 506 Å². The van der Waals surface area contributed by atoms with E-state index in [0.29, 0.717) is 19.4 Å². The van der Waals surface area contributed by atoms with Crippen LogP contribution in [-0.4, -0.2) is 100 Å². The molecule has 1 fully saturated rings. The van der Waals surface area contributed by atoms with Crippen LogP contribution >= 0.6 is 0 Å². The Hall–Kier alpha value is -1.60. The van der Waals surface area contributed by atoms with Crippen LogP contribution in [0.4, 0.5) is 0 Å². The average Bonchev–Trinajstić information content (AvgIpc) is 3.58. The van der Waals surface area contributed by atoms with Gasteiger partial charge < -0.3 is 45.1 Å². The van der Waals surface area contributed by atoms with Gasteiger partial charge in [0.15, 0.2) is 6.29 Å². The van der Waals surface area contributed by atoms with Crippen molar-refractivity contribution in [1.29, 1.82) is 0 Å². The van der Waals surface area contributed by atoms with Gasteiger partial charge in [-0.25, -0.2) is 0 Å². The Balaban J connectivity index is 1.88. The van der Waals surface area contributed by atoms with E-state index in [1.54, 1.807) is 6.08 Å². The molecule has 1 rings (SSSR count). The molecule has 1 aliphatic heterocycles. The van der Waals surface area contributed by atoms with E-state index in [9.17, 15) is 35.1 Å². The molecule has 1 amide bonds. The number of allylic oxidation sites excluding steroid dienone is 1. The van der Waals surface area contributed by atoms with Crippen molar-refractivity contribution in [3.8, 4) is 0 Å². The largest absolute Gasteiger partial charge is 0.466 e. The summed E-state index contributed by atoms with van der Waals surface area (Å²) in [5.41, 5.74) is 0. The van der Waals surface area contributed by atoms with Gasteiger partial charge in [-0.3, -0.25) is 9.59 Å². The first-order valence-corrected chi connectivity index (χ1v) is 36.0. The summed E-state index contributed by atoms with van der Waals surface area (Å²) in [5.74, 6) is -0.162. The molecule has 11 nitrogen and oxygen atoms in total. The van der Waals surface area contributed by atoms with Gasteiger partial charge in [0.25, 0.3) is 0 Å². The lowest BCUT2D eigenvalue weighted by Gasteiger charge is -2.40. The Morgan fingerprint density at radius 2 is 0.768 bits per heavy atom. The highest BCUT2D eigenvalue weighted by molar-refractivity contribution is 5.76. The molecule has 0 spiro atoms. The lowest BCUT2D eigenvalue weighted by Crippen LogP contribution is -2.60. The second kappa shape index (κ2) is 61.1. The number of hydrogen-bond acceptors (Lipinski definition) is 10. The van der Waals surface area contributed by atoms with Crippen LogP contribution in [0.1, 0.15) is 367 Å². The quantitative estimate of drug-likeness (QED) is 0.0195.